The molecule has 1 N–H and O–H groups in total. The van der Waals surface area contributed by atoms with E-state index in [1.165, 1.54) is 37.0 Å². The van der Waals surface area contributed by atoms with Gasteiger partial charge in [-0.3, -0.25) is 4.79 Å². The van der Waals surface area contributed by atoms with E-state index in [1.54, 1.807) is 0 Å². The minimum atomic E-state index is -0.0110. The first-order chi connectivity index (χ1) is 9.75. The fraction of sp³-hybridized carbons (Fsp3) is 0.438. The molecule has 0 aliphatic heterocycles. The van der Waals surface area contributed by atoms with Crippen LogP contribution in [0.5, 0.6) is 0 Å². The Bertz CT molecular complexity index is 614. The quantitative estimate of drug-likeness (QED) is 0.777. The molecule has 1 aliphatic carbocycles. The number of fused-ring (bicyclic) bond motifs is 1. The average molecular weight is 308 g/mol. The second-order valence-electron chi connectivity index (χ2n) is 5.40. The molecule has 0 radical (unpaired) electrons. The third-order valence-corrected chi connectivity index (χ3v) is 5.61. The van der Waals surface area contributed by atoms with Gasteiger partial charge in [0.25, 0.3) is 5.91 Å². The van der Waals surface area contributed by atoms with Crippen LogP contribution in [0.1, 0.15) is 48.2 Å². The maximum atomic E-state index is 12.4. The molecule has 4 heteroatoms. The van der Waals surface area contributed by atoms with E-state index in [0.29, 0.717) is 15.9 Å². The van der Waals surface area contributed by atoms with Crippen molar-refractivity contribution in [1.82, 2.24) is 5.32 Å². The lowest BCUT2D eigenvalue weighted by Crippen LogP contribution is -2.34. The molecular weight excluding hydrogens is 290 g/mol. The van der Waals surface area contributed by atoms with Crippen molar-refractivity contribution in [1.29, 1.82) is 0 Å². The van der Waals surface area contributed by atoms with Gasteiger partial charge >= 0.3 is 0 Å². The lowest BCUT2D eigenvalue weighted by Gasteiger charge is -2.15. The molecule has 1 aliphatic rings. The lowest BCUT2D eigenvalue weighted by atomic mass is 10.1. The Morgan fingerprint density at radius 1 is 1.15 bits per heavy atom. The molecule has 0 atom stereocenters. The van der Waals surface area contributed by atoms with Gasteiger partial charge in [0.1, 0.15) is 4.88 Å². The third kappa shape index (κ3) is 2.84. The van der Waals surface area contributed by atoms with Crippen molar-refractivity contribution < 1.29 is 4.79 Å². The number of carbonyl (C=O) groups is 1. The van der Waals surface area contributed by atoms with Crippen LogP contribution in [0, 0.1) is 0 Å². The Labute approximate surface area is 128 Å². The van der Waals surface area contributed by atoms with E-state index in [9.17, 15) is 4.79 Å². The van der Waals surface area contributed by atoms with E-state index >= 15 is 0 Å². The molecule has 0 spiro atoms. The van der Waals surface area contributed by atoms with Gasteiger partial charge < -0.3 is 5.32 Å². The second kappa shape index (κ2) is 6.15. The van der Waals surface area contributed by atoms with Crippen molar-refractivity contribution >= 4 is 38.9 Å². The fourth-order valence-electron chi connectivity index (χ4n) is 2.83. The van der Waals surface area contributed by atoms with Crippen molar-refractivity contribution in [2.24, 2.45) is 0 Å². The van der Waals surface area contributed by atoms with Gasteiger partial charge in [0.05, 0.1) is 5.02 Å². The molecule has 0 saturated heterocycles. The van der Waals surface area contributed by atoms with Crippen LogP contribution in [0.3, 0.4) is 0 Å². The zero-order valence-electron chi connectivity index (χ0n) is 11.3. The zero-order chi connectivity index (χ0) is 13.9. The van der Waals surface area contributed by atoms with Crippen molar-refractivity contribution in [3.63, 3.8) is 0 Å². The van der Waals surface area contributed by atoms with E-state index in [2.05, 4.69) is 5.32 Å². The molecule has 1 amide bonds. The Balaban J connectivity index is 1.79. The van der Waals surface area contributed by atoms with E-state index in [0.717, 1.165) is 22.9 Å². The maximum Gasteiger partial charge on any atom is 0.263 e. The van der Waals surface area contributed by atoms with Crippen LogP contribution in [0.15, 0.2) is 24.3 Å². The fourth-order valence-corrected chi connectivity index (χ4v) is 4.25. The van der Waals surface area contributed by atoms with Crippen molar-refractivity contribution in [3.8, 4) is 0 Å². The molecule has 3 rings (SSSR count). The minimum Gasteiger partial charge on any atom is -0.349 e. The molecule has 1 heterocycles. The van der Waals surface area contributed by atoms with Crippen LogP contribution in [-0.4, -0.2) is 11.9 Å². The molecular formula is C16H18ClNOS. The van der Waals surface area contributed by atoms with Crippen LogP contribution in [0.2, 0.25) is 5.02 Å². The number of amides is 1. The molecule has 2 aromatic rings. The van der Waals surface area contributed by atoms with E-state index in [-0.39, 0.29) is 5.91 Å². The molecule has 20 heavy (non-hydrogen) atoms. The number of thiophene rings is 1. The van der Waals surface area contributed by atoms with Crippen molar-refractivity contribution in [3.05, 3.63) is 34.2 Å². The van der Waals surface area contributed by atoms with Gasteiger partial charge in [-0.05, 0) is 18.9 Å². The van der Waals surface area contributed by atoms with Gasteiger partial charge in [0.15, 0.2) is 0 Å². The summed E-state index contributed by atoms with van der Waals surface area (Å²) in [6.45, 7) is 0. The van der Waals surface area contributed by atoms with Crippen molar-refractivity contribution in [2.45, 2.75) is 44.6 Å². The van der Waals surface area contributed by atoms with Crippen molar-refractivity contribution in [2.75, 3.05) is 0 Å². The largest absolute Gasteiger partial charge is 0.349 e. The Kier molecular flexibility index (Phi) is 4.27. The summed E-state index contributed by atoms with van der Waals surface area (Å²) in [7, 11) is 0. The topological polar surface area (TPSA) is 29.1 Å². The van der Waals surface area contributed by atoms with Crippen LogP contribution in [0.4, 0.5) is 0 Å². The van der Waals surface area contributed by atoms with Gasteiger partial charge in [-0.2, -0.15) is 0 Å². The Morgan fingerprint density at radius 3 is 2.55 bits per heavy atom. The highest BCUT2D eigenvalue weighted by Crippen LogP contribution is 2.35. The highest BCUT2D eigenvalue weighted by atomic mass is 35.5. The first-order valence-electron chi connectivity index (χ1n) is 7.23. The molecule has 0 bridgehead atoms. The standard InChI is InChI=1S/C16H18ClNOS/c17-14-12-9-5-6-10-13(12)20-15(14)16(19)18-11-7-3-1-2-4-8-11/h5-6,9-11H,1-4,7-8H2,(H,18,19). The average Bonchev–Trinajstić information content (AvgIpc) is 2.64. The summed E-state index contributed by atoms with van der Waals surface area (Å²) in [6.07, 6.45) is 7.19. The van der Waals surface area contributed by atoms with Crippen LogP contribution < -0.4 is 5.32 Å². The number of benzene rings is 1. The monoisotopic (exact) mass is 307 g/mol. The Morgan fingerprint density at radius 2 is 1.85 bits per heavy atom. The van der Waals surface area contributed by atoms with Gasteiger partial charge in [-0.15, -0.1) is 11.3 Å². The second-order valence-corrected chi connectivity index (χ2v) is 6.83. The van der Waals surface area contributed by atoms with Crippen LogP contribution in [0.25, 0.3) is 10.1 Å². The number of halogens is 1. The van der Waals surface area contributed by atoms with E-state index in [4.69, 9.17) is 11.6 Å². The SMILES string of the molecule is O=C(NC1CCCCCC1)c1sc2ccccc2c1Cl. The first kappa shape index (κ1) is 13.9. The predicted molar refractivity (Wildman–Crippen MR) is 85.8 cm³/mol. The third-order valence-electron chi connectivity index (χ3n) is 3.93. The van der Waals surface area contributed by atoms with Crippen LogP contribution >= 0.6 is 22.9 Å². The van der Waals surface area contributed by atoms with Crippen LogP contribution in [-0.2, 0) is 0 Å². The summed E-state index contributed by atoms with van der Waals surface area (Å²) in [5, 5.41) is 4.74. The summed E-state index contributed by atoms with van der Waals surface area (Å²) in [6, 6.07) is 8.22. The molecule has 106 valence electrons. The number of nitrogens with one attached hydrogen (secondary N) is 1. The number of carbonyl (C=O) groups excluding carboxylic acids is 1. The summed E-state index contributed by atoms with van der Waals surface area (Å²) >= 11 is 7.83. The molecule has 1 aromatic carbocycles. The molecule has 1 fully saturated rings. The zero-order valence-corrected chi connectivity index (χ0v) is 12.9. The summed E-state index contributed by atoms with van der Waals surface area (Å²) in [5.74, 6) is -0.0110. The number of rotatable bonds is 2. The van der Waals surface area contributed by atoms with Gasteiger partial charge in [0.2, 0.25) is 0 Å². The lowest BCUT2D eigenvalue weighted by molar-refractivity contribution is 0.0937. The molecule has 2 nitrogen and oxygen atoms in total. The minimum absolute atomic E-state index is 0.0110. The number of hydrogen-bond acceptors (Lipinski definition) is 2. The smallest absolute Gasteiger partial charge is 0.263 e. The maximum absolute atomic E-state index is 12.4. The highest BCUT2D eigenvalue weighted by molar-refractivity contribution is 7.21. The predicted octanol–water partition coefficient (Wildman–Crippen LogP) is 5.01. The molecule has 1 saturated carbocycles. The molecule has 0 unspecified atom stereocenters. The van der Waals surface area contributed by atoms with Gasteiger partial charge in [-0.1, -0.05) is 55.5 Å². The van der Waals surface area contributed by atoms with E-state index < -0.39 is 0 Å². The number of hydrogen-bond donors (Lipinski definition) is 1. The van der Waals surface area contributed by atoms with Gasteiger partial charge in [-0.25, -0.2) is 0 Å². The van der Waals surface area contributed by atoms with Gasteiger partial charge in [0, 0.05) is 16.1 Å². The molecule has 1 aromatic heterocycles. The highest BCUT2D eigenvalue weighted by Gasteiger charge is 2.20. The van der Waals surface area contributed by atoms with E-state index in [1.807, 2.05) is 24.3 Å². The Hall–Kier alpha value is -1.06. The normalized spacial score (nSPS) is 17.1. The summed E-state index contributed by atoms with van der Waals surface area (Å²) < 4.78 is 1.07. The summed E-state index contributed by atoms with van der Waals surface area (Å²) in [4.78, 5) is 13.1. The first-order valence-corrected chi connectivity index (χ1v) is 8.43. The summed E-state index contributed by atoms with van der Waals surface area (Å²) in [5.41, 5.74) is 0.